The number of H-pyrrole nitrogens is 1. The third-order valence-electron chi connectivity index (χ3n) is 7.76. The van der Waals surface area contributed by atoms with Gasteiger partial charge in [0, 0.05) is 22.8 Å². The molecule has 37 heavy (non-hydrogen) atoms. The molecule has 0 atom stereocenters. The highest BCUT2D eigenvalue weighted by molar-refractivity contribution is 5.98. The first-order chi connectivity index (χ1) is 17.9. The number of nitrogens with one attached hydrogen (secondary N) is 1. The predicted octanol–water partition coefficient (Wildman–Crippen LogP) is 5.40. The average Bonchev–Trinajstić information content (AvgIpc) is 3.51. The van der Waals surface area contributed by atoms with Gasteiger partial charge >= 0.3 is 0 Å². The molecule has 1 fully saturated rings. The number of carbonyl (C=O) groups excluding carboxylic acids is 1. The first-order valence-corrected chi connectivity index (χ1v) is 12.9. The number of hydrogen-bond donors (Lipinski definition) is 3. The Bertz CT molecular complexity index is 1620. The van der Waals surface area contributed by atoms with E-state index in [0.29, 0.717) is 17.3 Å². The van der Waals surface area contributed by atoms with Crippen LogP contribution in [0.3, 0.4) is 0 Å². The molecule has 3 heterocycles. The first kappa shape index (κ1) is 23.2. The van der Waals surface area contributed by atoms with Gasteiger partial charge in [-0.25, -0.2) is 14.5 Å². The van der Waals surface area contributed by atoms with Crippen LogP contribution in [0.5, 0.6) is 0 Å². The molecule has 0 saturated heterocycles. The third-order valence-corrected chi connectivity index (χ3v) is 7.76. The molecule has 5 N–H and O–H groups in total. The Morgan fingerprint density at radius 3 is 2.62 bits per heavy atom. The lowest BCUT2D eigenvalue weighted by molar-refractivity contribution is -0.122. The number of aromatic nitrogens is 5. The van der Waals surface area contributed by atoms with Gasteiger partial charge in [0.25, 0.3) is 0 Å². The fraction of sp³-hybridized carbons (Fsp3) is 0.310. The predicted molar refractivity (Wildman–Crippen MR) is 146 cm³/mol. The van der Waals surface area contributed by atoms with Crippen LogP contribution >= 0.6 is 0 Å². The van der Waals surface area contributed by atoms with Crippen molar-refractivity contribution < 1.29 is 4.79 Å². The van der Waals surface area contributed by atoms with Crippen molar-refractivity contribution in [3.63, 3.8) is 0 Å². The molecule has 2 aromatic carbocycles. The molecule has 1 saturated carbocycles. The van der Waals surface area contributed by atoms with Crippen molar-refractivity contribution in [3.8, 4) is 22.5 Å². The number of anilines is 1. The Balaban J connectivity index is 1.46. The highest BCUT2D eigenvalue weighted by Gasteiger charge is 2.30. The molecule has 5 aromatic rings. The number of aromatic amines is 1. The second-order valence-electron chi connectivity index (χ2n) is 10.4. The maximum Gasteiger partial charge on any atom is 0.220 e. The summed E-state index contributed by atoms with van der Waals surface area (Å²) in [4.78, 5) is 24.7. The smallest absolute Gasteiger partial charge is 0.220 e. The Kier molecular flexibility index (Phi) is 5.67. The van der Waals surface area contributed by atoms with Gasteiger partial charge in [-0.3, -0.25) is 4.79 Å². The molecule has 0 bridgehead atoms. The van der Waals surface area contributed by atoms with Crippen molar-refractivity contribution in [2.24, 2.45) is 11.7 Å². The molecule has 6 rings (SSSR count). The molecule has 8 heteroatoms. The quantitative estimate of drug-likeness (QED) is 0.302. The van der Waals surface area contributed by atoms with Gasteiger partial charge in [0.1, 0.15) is 23.4 Å². The molecule has 1 aliphatic carbocycles. The molecule has 1 amide bonds. The van der Waals surface area contributed by atoms with Crippen molar-refractivity contribution >= 4 is 28.1 Å². The minimum Gasteiger partial charge on any atom is -0.382 e. The number of hydrogen-bond acceptors (Lipinski definition) is 5. The number of primary amides is 1. The summed E-state index contributed by atoms with van der Waals surface area (Å²) in [5.41, 5.74) is 18.9. The van der Waals surface area contributed by atoms with E-state index in [2.05, 4.69) is 77.4 Å². The standard InChI is InChI=1S/C29H31N7O/c1-16(2)19-5-3-6-20(13-19)22-8-4-7-21-14-23(34-24(21)22)25-26-27(30)32-15-33-36(26)29(35-25)18-11-9-17(10-12-18)28(31)37/h3-8,13-18,34H,9-12H2,1-2H3,(H2,31,37)(H2,30,32,33)/t17-,18-. The van der Waals surface area contributed by atoms with Gasteiger partial charge < -0.3 is 16.5 Å². The highest BCUT2D eigenvalue weighted by atomic mass is 16.1. The van der Waals surface area contributed by atoms with E-state index in [0.717, 1.165) is 59.4 Å². The van der Waals surface area contributed by atoms with Crippen LogP contribution in [0.25, 0.3) is 38.9 Å². The van der Waals surface area contributed by atoms with Crippen LogP contribution in [-0.4, -0.2) is 30.5 Å². The Labute approximate surface area is 215 Å². The molecular formula is C29H31N7O. The lowest BCUT2D eigenvalue weighted by atomic mass is 9.81. The average molecular weight is 494 g/mol. The SMILES string of the molecule is CC(C)c1cccc(-c2cccc3cc(-c4nc([C@H]5CC[C@H](C(N)=O)CC5)n5ncnc(N)c45)[nH]c23)c1. The van der Waals surface area contributed by atoms with E-state index in [1.54, 1.807) is 0 Å². The molecule has 188 valence electrons. The topological polar surface area (TPSA) is 128 Å². The van der Waals surface area contributed by atoms with Crippen molar-refractivity contribution in [3.05, 3.63) is 66.2 Å². The highest BCUT2D eigenvalue weighted by Crippen LogP contribution is 2.39. The summed E-state index contributed by atoms with van der Waals surface area (Å²) in [6.45, 7) is 4.42. The van der Waals surface area contributed by atoms with Crippen LogP contribution in [0.15, 0.2) is 54.9 Å². The van der Waals surface area contributed by atoms with Gasteiger partial charge in [0.15, 0.2) is 5.82 Å². The zero-order chi connectivity index (χ0) is 25.7. The van der Waals surface area contributed by atoms with E-state index in [4.69, 9.17) is 16.5 Å². The van der Waals surface area contributed by atoms with Gasteiger partial charge in [-0.15, -0.1) is 0 Å². The second kappa shape index (κ2) is 9.03. The molecule has 0 aliphatic heterocycles. The number of fused-ring (bicyclic) bond motifs is 2. The van der Waals surface area contributed by atoms with Gasteiger partial charge in [0.2, 0.25) is 5.91 Å². The normalized spacial score (nSPS) is 18.1. The van der Waals surface area contributed by atoms with Crippen LogP contribution in [0.4, 0.5) is 5.82 Å². The van der Waals surface area contributed by atoms with E-state index in [1.165, 1.54) is 17.5 Å². The summed E-state index contributed by atoms with van der Waals surface area (Å²) >= 11 is 0. The summed E-state index contributed by atoms with van der Waals surface area (Å²) in [7, 11) is 0. The number of rotatable bonds is 5. The Hall–Kier alpha value is -4.20. The largest absolute Gasteiger partial charge is 0.382 e. The number of nitrogens with zero attached hydrogens (tertiary/aromatic N) is 4. The first-order valence-electron chi connectivity index (χ1n) is 12.9. The minimum absolute atomic E-state index is 0.0667. The van der Waals surface area contributed by atoms with Gasteiger partial charge in [-0.05, 0) is 48.8 Å². The number of amides is 1. The maximum atomic E-state index is 11.7. The van der Waals surface area contributed by atoms with Crippen molar-refractivity contribution in [1.29, 1.82) is 0 Å². The number of para-hydroxylation sites is 1. The summed E-state index contributed by atoms with van der Waals surface area (Å²) in [6, 6.07) is 17.2. The van der Waals surface area contributed by atoms with Crippen LogP contribution in [0.1, 0.15) is 62.8 Å². The fourth-order valence-corrected chi connectivity index (χ4v) is 5.66. The Morgan fingerprint density at radius 1 is 1.08 bits per heavy atom. The molecule has 0 unspecified atom stereocenters. The van der Waals surface area contributed by atoms with Crippen LogP contribution in [0.2, 0.25) is 0 Å². The van der Waals surface area contributed by atoms with Crippen LogP contribution < -0.4 is 11.5 Å². The zero-order valence-corrected chi connectivity index (χ0v) is 21.1. The molecule has 8 nitrogen and oxygen atoms in total. The molecule has 0 spiro atoms. The number of benzene rings is 2. The summed E-state index contributed by atoms with van der Waals surface area (Å²) in [5.74, 6) is 1.58. The number of nitrogens with two attached hydrogens (primary N) is 2. The van der Waals surface area contributed by atoms with E-state index >= 15 is 0 Å². The summed E-state index contributed by atoms with van der Waals surface area (Å²) < 4.78 is 1.82. The van der Waals surface area contributed by atoms with Gasteiger partial charge in [-0.1, -0.05) is 56.3 Å². The van der Waals surface area contributed by atoms with Crippen molar-refractivity contribution in [2.75, 3.05) is 5.73 Å². The van der Waals surface area contributed by atoms with Crippen molar-refractivity contribution in [2.45, 2.75) is 51.4 Å². The van der Waals surface area contributed by atoms with E-state index < -0.39 is 0 Å². The van der Waals surface area contributed by atoms with E-state index in [-0.39, 0.29) is 17.7 Å². The lowest BCUT2D eigenvalue weighted by Gasteiger charge is -2.25. The molecule has 1 aliphatic rings. The van der Waals surface area contributed by atoms with E-state index in [9.17, 15) is 4.79 Å². The number of imidazole rings is 1. The third kappa shape index (κ3) is 4.02. The molecular weight excluding hydrogens is 462 g/mol. The van der Waals surface area contributed by atoms with E-state index in [1.807, 2.05) is 4.52 Å². The second-order valence-corrected chi connectivity index (χ2v) is 10.4. The molecule has 0 radical (unpaired) electrons. The van der Waals surface area contributed by atoms with Gasteiger partial charge in [-0.2, -0.15) is 5.10 Å². The monoisotopic (exact) mass is 493 g/mol. The lowest BCUT2D eigenvalue weighted by Crippen LogP contribution is -2.27. The molecule has 3 aromatic heterocycles. The number of carbonyl (C=O) groups is 1. The minimum atomic E-state index is -0.216. The van der Waals surface area contributed by atoms with Crippen LogP contribution in [0, 0.1) is 5.92 Å². The number of nitrogen functional groups attached to an aromatic ring is 1. The summed E-state index contributed by atoms with van der Waals surface area (Å²) in [6.07, 6.45) is 4.65. The van der Waals surface area contributed by atoms with Crippen molar-refractivity contribution in [1.82, 2.24) is 24.6 Å². The maximum absolute atomic E-state index is 11.7. The zero-order valence-electron chi connectivity index (χ0n) is 21.1. The summed E-state index contributed by atoms with van der Waals surface area (Å²) in [5, 5.41) is 5.62. The Morgan fingerprint density at radius 2 is 1.86 bits per heavy atom. The van der Waals surface area contributed by atoms with Crippen LogP contribution in [-0.2, 0) is 4.79 Å². The fourth-order valence-electron chi connectivity index (χ4n) is 5.66. The van der Waals surface area contributed by atoms with Gasteiger partial charge in [0.05, 0.1) is 11.2 Å².